The average Bonchev–Trinajstić information content (AvgIpc) is 2.43. The van der Waals surface area contributed by atoms with Gasteiger partial charge >= 0.3 is 0 Å². The number of aromatic nitrogens is 1. The molecule has 104 valence electrons. The van der Waals surface area contributed by atoms with Gasteiger partial charge in [-0.05, 0) is 37.6 Å². The zero-order valence-corrected chi connectivity index (χ0v) is 11.5. The molecular weight excluding hydrogens is 254 g/mol. The van der Waals surface area contributed by atoms with E-state index in [4.69, 9.17) is 10.5 Å². The summed E-state index contributed by atoms with van der Waals surface area (Å²) in [5.74, 6) is 0.867. The third-order valence-corrected chi connectivity index (χ3v) is 2.70. The van der Waals surface area contributed by atoms with Crippen LogP contribution in [-0.4, -0.2) is 17.4 Å². The number of nitrogens with zero attached hydrogens (tertiary/aromatic N) is 1. The molecule has 3 N–H and O–H groups in total. The predicted octanol–water partition coefficient (Wildman–Crippen LogP) is 2.51. The van der Waals surface area contributed by atoms with Crippen molar-refractivity contribution in [2.24, 2.45) is 0 Å². The quantitative estimate of drug-likeness (QED) is 0.838. The Bertz CT molecular complexity index is 626. The van der Waals surface area contributed by atoms with Crippen molar-refractivity contribution in [1.29, 1.82) is 0 Å². The normalized spacial score (nSPS) is 10.1. The number of aryl methyl sites for hydroxylation is 1. The summed E-state index contributed by atoms with van der Waals surface area (Å²) < 4.78 is 5.71. The van der Waals surface area contributed by atoms with E-state index < -0.39 is 0 Å². The molecule has 5 nitrogen and oxygen atoms in total. The molecule has 0 radical (unpaired) electrons. The molecule has 0 saturated heterocycles. The SMILES string of the molecule is CCNC(=O)c1cc(Oc2cc(C)ccc2N)ccn1. The topological polar surface area (TPSA) is 77.2 Å². The average molecular weight is 271 g/mol. The van der Waals surface area contributed by atoms with Crippen molar-refractivity contribution in [3.63, 3.8) is 0 Å². The van der Waals surface area contributed by atoms with Crippen LogP contribution >= 0.6 is 0 Å². The highest BCUT2D eigenvalue weighted by Gasteiger charge is 2.08. The highest BCUT2D eigenvalue weighted by Crippen LogP contribution is 2.28. The van der Waals surface area contributed by atoms with Crippen molar-refractivity contribution in [3.05, 3.63) is 47.8 Å². The zero-order chi connectivity index (χ0) is 14.5. The summed E-state index contributed by atoms with van der Waals surface area (Å²) in [4.78, 5) is 15.7. The number of amides is 1. The molecule has 0 unspecified atom stereocenters. The Balaban J connectivity index is 2.23. The second kappa shape index (κ2) is 6.06. The van der Waals surface area contributed by atoms with Crippen LogP contribution in [0.1, 0.15) is 23.0 Å². The molecule has 2 aromatic rings. The Morgan fingerprint density at radius 3 is 2.90 bits per heavy atom. The number of nitrogens with two attached hydrogens (primary N) is 1. The fourth-order valence-electron chi connectivity index (χ4n) is 1.71. The van der Waals surface area contributed by atoms with Gasteiger partial charge in [0.1, 0.15) is 11.4 Å². The highest BCUT2D eigenvalue weighted by molar-refractivity contribution is 5.92. The number of carbonyl (C=O) groups is 1. The van der Waals surface area contributed by atoms with Crippen molar-refractivity contribution in [3.8, 4) is 11.5 Å². The molecule has 1 aromatic heterocycles. The van der Waals surface area contributed by atoms with Gasteiger partial charge in [0.15, 0.2) is 5.75 Å². The molecular formula is C15H17N3O2. The number of pyridine rings is 1. The van der Waals surface area contributed by atoms with E-state index in [9.17, 15) is 4.79 Å². The lowest BCUT2D eigenvalue weighted by Crippen LogP contribution is -2.23. The first-order chi connectivity index (χ1) is 9.60. The van der Waals surface area contributed by atoms with Crippen LogP contribution in [0.5, 0.6) is 11.5 Å². The van der Waals surface area contributed by atoms with Crippen LogP contribution in [0, 0.1) is 6.92 Å². The number of hydrogen-bond donors (Lipinski definition) is 2. The number of nitrogens with one attached hydrogen (secondary N) is 1. The number of benzene rings is 1. The van der Waals surface area contributed by atoms with E-state index in [1.54, 1.807) is 18.2 Å². The maximum Gasteiger partial charge on any atom is 0.270 e. The van der Waals surface area contributed by atoms with E-state index >= 15 is 0 Å². The lowest BCUT2D eigenvalue weighted by Gasteiger charge is -2.10. The van der Waals surface area contributed by atoms with Crippen molar-refractivity contribution in [2.75, 3.05) is 12.3 Å². The minimum Gasteiger partial charge on any atom is -0.455 e. The summed E-state index contributed by atoms with van der Waals surface area (Å²) >= 11 is 0. The van der Waals surface area contributed by atoms with E-state index in [1.165, 1.54) is 6.20 Å². The number of nitrogen functional groups attached to an aromatic ring is 1. The van der Waals surface area contributed by atoms with Gasteiger partial charge in [-0.15, -0.1) is 0 Å². The Kier molecular flexibility index (Phi) is 4.20. The molecule has 1 aromatic carbocycles. The lowest BCUT2D eigenvalue weighted by molar-refractivity contribution is 0.0950. The molecule has 0 bridgehead atoms. The van der Waals surface area contributed by atoms with Crippen LogP contribution in [0.15, 0.2) is 36.5 Å². The summed E-state index contributed by atoms with van der Waals surface area (Å²) in [6.45, 7) is 4.36. The molecule has 0 saturated carbocycles. The third-order valence-electron chi connectivity index (χ3n) is 2.70. The van der Waals surface area contributed by atoms with Gasteiger partial charge < -0.3 is 15.8 Å². The molecule has 0 aliphatic rings. The van der Waals surface area contributed by atoms with E-state index in [0.717, 1.165) is 5.56 Å². The second-order valence-electron chi connectivity index (χ2n) is 4.38. The lowest BCUT2D eigenvalue weighted by atomic mass is 10.2. The molecule has 0 aliphatic heterocycles. The van der Waals surface area contributed by atoms with Crippen molar-refractivity contribution >= 4 is 11.6 Å². The van der Waals surface area contributed by atoms with Gasteiger partial charge in [0.2, 0.25) is 0 Å². The first kappa shape index (κ1) is 13.9. The van der Waals surface area contributed by atoms with Gasteiger partial charge in [-0.25, -0.2) is 0 Å². The highest BCUT2D eigenvalue weighted by atomic mass is 16.5. The molecule has 1 amide bonds. The maximum atomic E-state index is 11.7. The summed E-state index contributed by atoms with van der Waals surface area (Å²) in [5.41, 5.74) is 7.77. The number of rotatable bonds is 4. The standard InChI is InChI=1S/C15H17N3O2/c1-3-17-15(19)13-9-11(6-7-18-13)20-14-8-10(2)4-5-12(14)16/h4-9H,3,16H2,1-2H3,(H,17,19). The van der Waals surface area contributed by atoms with Crippen LogP contribution in [0.2, 0.25) is 0 Å². The van der Waals surface area contributed by atoms with Gasteiger partial charge in [0.05, 0.1) is 5.69 Å². The zero-order valence-electron chi connectivity index (χ0n) is 11.5. The van der Waals surface area contributed by atoms with Crippen LogP contribution in [0.25, 0.3) is 0 Å². The summed E-state index contributed by atoms with van der Waals surface area (Å²) in [6.07, 6.45) is 1.53. The van der Waals surface area contributed by atoms with E-state index in [-0.39, 0.29) is 5.91 Å². The Morgan fingerprint density at radius 2 is 2.15 bits per heavy atom. The first-order valence-electron chi connectivity index (χ1n) is 6.38. The van der Waals surface area contributed by atoms with Crippen LogP contribution in [0.4, 0.5) is 5.69 Å². The second-order valence-corrected chi connectivity index (χ2v) is 4.38. The molecule has 0 atom stereocenters. The van der Waals surface area contributed by atoms with Gasteiger partial charge in [-0.3, -0.25) is 9.78 Å². The van der Waals surface area contributed by atoms with Gasteiger partial charge in [0.25, 0.3) is 5.91 Å². The minimum absolute atomic E-state index is 0.227. The largest absolute Gasteiger partial charge is 0.455 e. The number of ether oxygens (including phenoxy) is 1. The first-order valence-corrected chi connectivity index (χ1v) is 6.38. The van der Waals surface area contributed by atoms with E-state index in [2.05, 4.69) is 10.3 Å². The maximum absolute atomic E-state index is 11.7. The number of hydrogen-bond acceptors (Lipinski definition) is 4. The summed E-state index contributed by atoms with van der Waals surface area (Å²) in [7, 11) is 0. The Morgan fingerprint density at radius 1 is 1.35 bits per heavy atom. The fourth-order valence-corrected chi connectivity index (χ4v) is 1.71. The smallest absolute Gasteiger partial charge is 0.270 e. The van der Waals surface area contributed by atoms with Crippen molar-refractivity contribution < 1.29 is 9.53 Å². The third kappa shape index (κ3) is 3.26. The number of carbonyl (C=O) groups excluding carboxylic acids is 1. The Labute approximate surface area is 117 Å². The predicted molar refractivity (Wildman–Crippen MR) is 77.9 cm³/mol. The molecule has 2 rings (SSSR count). The van der Waals surface area contributed by atoms with Gasteiger partial charge in [-0.2, -0.15) is 0 Å². The molecule has 0 fully saturated rings. The van der Waals surface area contributed by atoms with Crippen LogP contribution in [-0.2, 0) is 0 Å². The van der Waals surface area contributed by atoms with Crippen LogP contribution < -0.4 is 15.8 Å². The number of anilines is 1. The molecule has 1 heterocycles. The monoisotopic (exact) mass is 271 g/mol. The van der Waals surface area contributed by atoms with Crippen molar-refractivity contribution in [1.82, 2.24) is 10.3 Å². The molecule has 20 heavy (non-hydrogen) atoms. The molecule has 5 heteroatoms. The molecule has 0 spiro atoms. The van der Waals surface area contributed by atoms with Gasteiger partial charge in [-0.1, -0.05) is 6.07 Å². The van der Waals surface area contributed by atoms with Crippen molar-refractivity contribution in [2.45, 2.75) is 13.8 Å². The van der Waals surface area contributed by atoms with E-state index in [1.807, 2.05) is 26.0 Å². The summed E-state index contributed by atoms with van der Waals surface area (Å²) in [6, 6.07) is 8.82. The summed E-state index contributed by atoms with van der Waals surface area (Å²) in [5, 5.41) is 2.69. The Hall–Kier alpha value is -2.56. The van der Waals surface area contributed by atoms with Crippen LogP contribution in [0.3, 0.4) is 0 Å². The van der Waals surface area contributed by atoms with Gasteiger partial charge in [0, 0.05) is 18.8 Å². The molecule has 0 aliphatic carbocycles. The minimum atomic E-state index is -0.227. The van der Waals surface area contributed by atoms with E-state index in [0.29, 0.717) is 29.4 Å². The fraction of sp³-hybridized carbons (Fsp3) is 0.200.